The number of hydrogen-bond donors (Lipinski definition) is 1. The molecule has 1 aliphatic heterocycles. The van der Waals surface area contributed by atoms with E-state index in [1.54, 1.807) is 6.26 Å². The predicted octanol–water partition coefficient (Wildman–Crippen LogP) is 2.62. The van der Waals surface area contributed by atoms with Gasteiger partial charge in [-0.3, -0.25) is 4.90 Å². The van der Waals surface area contributed by atoms with E-state index in [1.807, 2.05) is 18.2 Å². The van der Waals surface area contributed by atoms with Crippen LogP contribution in [-0.4, -0.2) is 37.1 Å². The van der Waals surface area contributed by atoms with E-state index < -0.39 is 0 Å². The fourth-order valence-electron chi connectivity index (χ4n) is 2.96. The van der Waals surface area contributed by atoms with Gasteiger partial charge in [-0.2, -0.15) is 0 Å². The van der Waals surface area contributed by atoms with Crippen LogP contribution in [0.25, 0.3) is 0 Å². The van der Waals surface area contributed by atoms with Crippen molar-refractivity contribution >= 4 is 11.4 Å². The van der Waals surface area contributed by atoms with Gasteiger partial charge < -0.3 is 15.1 Å². The molecule has 0 radical (unpaired) electrons. The first-order chi connectivity index (χ1) is 10.2. The number of rotatable bonds is 4. The lowest BCUT2D eigenvalue weighted by molar-refractivity contribution is 0.190. The summed E-state index contributed by atoms with van der Waals surface area (Å²) in [5, 5.41) is 0. The van der Waals surface area contributed by atoms with E-state index in [2.05, 4.69) is 34.9 Å². The Bertz CT molecular complexity index is 542. The molecular weight excluding hydrogens is 262 g/mol. The van der Waals surface area contributed by atoms with Crippen molar-refractivity contribution < 1.29 is 4.42 Å². The summed E-state index contributed by atoms with van der Waals surface area (Å²) < 4.78 is 5.45. The van der Waals surface area contributed by atoms with Gasteiger partial charge in [0.2, 0.25) is 0 Å². The molecule has 0 amide bonds. The number of furan rings is 1. The van der Waals surface area contributed by atoms with Crippen LogP contribution >= 0.6 is 0 Å². The first-order valence-corrected chi connectivity index (χ1v) is 7.59. The van der Waals surface area contributed by atoms with Gasteiger partial charge in [0.1, 0.15) is 5.76 Å². The van der Waals surface area contributed by atoms with Crippen molar-refractivity contribution in [2.75, 3.05) is 36.8 Å². The molecule has 1 aromatic heterocycles. The first kappa shape index (κ1) is 14.0. The van der Waals surface area contributed by atoms with Gasteiger partial charge in [-0.25, -0.2) is 0 Å². The lowest BCUT2D eigenvalue weighted by atomic mass is 10.1. The number of hydrogen-bond acceptors (Lipinski definition) is 4. The van der Waals surface area contributed by atoms with Crippen LogP contribution in [0.1, 0.15) is 12.7 Å². The van der Waals surface area contributed by atoms with Gasteiger partial charge >= 0.3 is 0 Å². The summed E-state index contributed by atoms with van der Waals surface area (Å²) in [5.41, 5.74) is 7.84. The topological polar surface area (TPSA) is 45.6 Å². The molecule has 112 valence electrons. The van der Waals surface area contributed by atoms with E-state index in [4.69, 9.17) is 10.2 Å². The largest absolute Gasteiger partial charge is 0.469 e. The molecule has 0 bridgehead atoms. The van der Waals surface area contributed by atoms with Crippen LogP contribution in [0.4, 0.5) is 11.4 Å². The number of benzene rings is 1. The number of nitrogen functional groups attached to an aromatic ring is 1. The molecule has 1 atom stereocenters. The monoisotopic (exact) mass is 285 g/mol. The molecule has 1 saturated heterocycles. The van der Waals surface area contributed by atoms with Crippen molar-refractivity contribution in [3.05, 3.63) is 48.4 Å². The zero-order valence-corrected chi connectivity index (χ0v) is 12.5. The summed E-state index contributed by atoms with van der Waals surface area (Å²) in [6, 6.07) is 12.7. The summed E-state index contributed by atoms with van der Waals surface area (Å²) in [6.07, 6.45) is 2.73. The lowest BCUT2D eigenvalue weighted by Gasteiger charge is -2.39. The summed E-state index contributed by atoms with van der Waals surface area (Å²) in [5.74, 6) is 1.07. The summed E-state index contributed by atoms with van der Waals surface area (Å²) in [4.78, 5) is 4.96. The molecule has 4 heteroatoms. The van der Waals surface area contributed by atoms with Gasteiger partial charge in [0.05, 0.1) is 6.26 Å². The summed E-state index contributed by atoms with van der Waals surface area (Å²) >= 11 is 0. The third-order valence-electron chi connectivity index (χ3n) is 4.27. The van der Waals surface area contributed by atoms with Gasteiger partial charge in [-0.1, -0.05) is 0 Å². The van der Waals surface area contributed by atoms with Crippen LogP contribution in [0.5, 0.6) is 0 Å². The van der Waals surface area contributed by atoms with Crippen molar-refractivity contribution in [3.63, 3.8) is 0 Å². The quantitative estimate of drug-likeness (QED) is 0.877. The van der Waals surface area contributed by atoms with Crippen molar-refractivity contribution in [1.29, 1.82) is 0 Å². The molecule has 2 aromatic rings. The van der Waals surface area contributed by atoms with Crippen LogP contribution in [-0.2, 0) is 6.42 Å². The minimum Gasteiger partial charge on any atom is -0.469 e. The molecule has 0 spiro atoms. The van der Waals surface area contributed by atoms with E-state index in [9.17, 15) is 0 Å². The van der Waals surface area contributed by atoms with Crippen LogP contribution in [0.2, 0.25) is 0 Å². The maximum atomic E-state index is 5.75. The van der Waals surface area contributed by atoms with E-state index >= 15 is 0 Å². The highest BCUT2D eigenvalue weighted by molar-refractivity contribution is 5.53. The normalized spacial score (nSPS) is 17.9. The maximum absolute atomic E-state index is 5.75. The Hall–Kier alpha value is -1.94. The number of nitrogens with zero attached hydrogens (tertiary/aromatic N) is 2. The minimum absolute atomic E-state index is 0.518. The predicted molar refractivity (Wildman–Crippen MR) is 86.5 cm³/mol. The Morgan fingerprint density at radius 2 is 1.81 bits per heavy atom. The molecule has 0 aliphatic carbocycles. The van der Waals surface area contributed by atoms with Crippen molar-refractivity contribution in [2.24, 2.45) is 0 Å². The van der Waals surface area contributed by atoms with E-state index in [-0.39, 0.29) is 0 Å². The highest BCUT2D eigenvalue weighted by atomic mass is 16.3. The molecule has 1 fully saturated rings. The maximum Gasteiger partial charge on any atom is 0.105 e. The Balaban J connectivity index is 1.53. The van der Waals surface area contributed by atoms with Gasteiger partial charge in [0.15, 0.2) is 0 Å². The molecular formula is C17H23N3O. The molecule has 3 rings (SSSR count). The lowest BCUT2D eigenvalue weighted by Crippen LogP contribution is -2.50. The van der Waals surface area contributed by atoms with Crippen LogP contribution < -0.4 is 10.6 Å². The highest BCUT2D eigenvalue weighted by Gasteiger charge is 2.21. The van der Waals surface area contributed by atoms with E-state index in [0.29, 0.717) is 6.04 Å². The van der Waals surface area contributed by atoms with Crippen molar-refractivity contribution in [3.8, 4) is 0 Å². The molecule has 1 aliphatic rings. The zero-order valence-electron chi connectivity index (χ0n) is 12.5. The van der Waals surface area contributed by atoms with E-state index in [0.717, 1.165) is 44.0 Å². The van der Waals surface area contributed by atoms with Gasteiger partial charge in [0.25, 0.3) is 0 Å². The molecule has 1 aromatic carbocycles. The molecule has 1 unspecified atom stereocenters. The SMILES string of the molecule is CC(Cc1ccco1)N1CCN(c2ccc(N)cc2)CC1. The fourth-order valence-corrected chi connectivity index (χ4v) is 2.96. The standard InChI is InChI=1S/C17H23N3O/c1-14(13-17-3-2-12-21-17)19-8-10-20(11-9-19)16-6-4-15(18)5-7-16/h2-7,12,14H,8-11,13,18H2,1H3. The van der Waals surface area contributed by atoms with Crippen LogP contribution in [0.15, 0.2) is 47.1 Å². The molecule has 21 heavy (non-hydrogen) atoms. The molecule has 0 saturated carbocycles. The highest BCUT2D eigenvalue weighted by Crippen LogP contribution is 2.19. The molecule has 2 N–H and O–H groups in total. The Labute approximate surface area is 126 Å². The Morgan fingerprint density at radius 3 is 2.43 bits per heavy atom. The number of anilines is 2. The number of nitrogens with two attached hydrogens (primary N) is 1. The molecule has 2 heterocycles. The minimum atomic E-state index is 0.518. The third kappa shape index (κ3) is 3.39. The Morgan fingerprint density at radius 1 is 1.10 bits per heavy atom. The van der Waals surface area contributed by atoms with Crippen LogP contribution in [0.3, 0.4) is 0 Å². The fraction of sp³-hybridized carbons (Fsp3) is 0.412. The second-order valence-electron chi connectivity index (χ2n) is 5.75. The van der Waals surface area contributed by atoms with Gasteiger partial charge in [-0.05, 0) is 43.3 Å². The molecule has 4 nitrogen and oxygen atoms in total. The first-order valence-electron chi connectivity index (χ1n) is 7.59. The van der Waals surface area contributed by atoms with Crippen LogP contribution in [0, 0.1) is 0 Å². The second-order valence-corrected chi connectivity index (χ2v) is 5.75. The number of piperazine rings is 1. The second kappa shape index (κ2) is 6.22. The van der Waals surface area contributed by atoms with Crippen molar-refractivity contribution in [2.45, 2.75) is 19.4 Å². The van der Waals surface area contributed by atoms with Gasteiger partial charge in [-0.15, -0.1) is 0 Å². The van der Waals surface area contributed by atoms with Crippen molar-refractivity contribution in [1.82, 2.24) is 4.90 Å². The average molecular weight is 285 g/mol. The summed E-state index contributed by atoms with van der Waals surface area (Å²) in [6.45, 7) is 6.58. The smallest absolute Gasteiger partial charge is 0.105 e. The Kier molecular flexibility index (Phi) is 4.15. The average Bonchev–Trinajstić information content (AvgIpc) is 3.01. The van der Waals surface area contributed by atoms with Gasteiger partial charge in [0, 0.05) is 50.0 Å². The summed E-state index contributed by atoms with van der Waals surface area (Å²) in [7, 11) is 0. The van der Waals surface area contributed by atoms with E-state index in [1.165, 1.54) is 5.69 Å². The third-order valence-corrected chi connectivity index (χ3v) is 4.27. The zero-order chi connectivity index (χ0) is 14.7.